The van der Waals surface area contributed by atoms with Crippen LogP contribution in [-0.4, -0.2) is 5.78 Å². The molecule has 0 aliphatic heterocycles. The van der Waals surface area contributed by atoms with E-state index in [4.69, 9.17) is 0 Å². The summed E-state index contributed by atoms with van der Waals surface area (Å²) in [6, 6.07) is 0. The Labute approximate surface area is 112 Å². The lowest BCUT2D eigenvalue weighted by Gasteiger charge is -2.55. The minimum absolute atomic E-state index is 0.304. The second-order valence-electron chi connectivity index (χ2n) is 7.40. The second-order valence-corrected chi connectivity index (χ2v) is 7.40. The van der Waals surface area contributed by atoms with Crippen molar-refractivity contribution >= 4 is 5.78 Å². The highest BCUT2D eigenvalue weighted by atomic mass is 16.1. The van der Waals surface area contributed by atoms with Gasteiger partial charge in [-0.25, -0.2) is 0 Å². The summed E-state index contributed by atoms with van der Waals surface area (Å²) in [4.78, 5) is 12.0. The van der Waals surface area contributed by atoms with Gasteiger partial charge in [-0.05, 0) is 54.4 Å². The van der Waals surface area contributed by atoms with Crippen molar-refractivity contribution in [3.63, 3.8) is 0 Å². The van der Waals surface area contributed by atoms with E-state index in [1.165, 1.54) is 25.7 Å². The molecule has 0 aromatic carbocycles. The largest absolute Gasteiger partial charge is 0.295 e. The molecule has 0 radical (unpaired) electrons. The maximum Gasteiger partial charge on any atom is 0.155 e. The van der Waals surface area contributed by atoms with E-state index in [1.54, 1.807) is 6.92 Å². The van der Waals surface area contributed by atoms with Crippen LogP contribution < -0.4 is 0 Å². The first-order valence-corrected chi connectivity index (χ1v) is 7.55. The van der Waals surface area contributed by atoms with E-state index in [0.29, 0.717) is 23.0 Å². The molecule has 0 bridgehead atoms. The SMILES string of the molecule is CC(=O)/C1=C\C(C)CCCC(C)C2CC(C)(C)C12. The Morgan fingerprint density at radius 3 is 2.50 bits per heavy atom. The van der Waals surface area contributed by atoms with Gasteiger partial charge in [-0.15, -0.1) is 0 Å². The number of ketones is 1. The van der Waals surface area contributed by atoms with Crippen molar-refractivity contribution in [2.24, 2.45) is 29.1 Å². The molecule has 0 N–H and O–H groups in total. The molecule has 0 heterocycles. The van der Waals surface area contributed by atoms with Crippen LogP contribution in [-0.2, 0) is 4.79 Å². The van der Waals surface area contributed by atoms with Crippen molar-refractivity contribution in [3.05, 3.63) is 11.6 Å². The third-order valence-corrected chi connectivity index (χ3v) is 5.29. The molecule has 0 amide bonds. The fourth-order valence-electron chi connectivity index (χ4n) is 4.26. The number of Topliss-reactive ketones (excluding diaryl/α,β-unsaturated/α-hetero) is 1. The summed E-state index contributed by atoms with van der Waals surface area (Å²) >= 11 is 0. The second kappa shape index (κ2) is 4.83. The van der Waals surface area contributed by atoms with Gasteiger partial charge in [0.15, 0.2) is 5.78 Å². The third kappa shape index (κ3) is 2.41. The Hall–Kier alpha value is -0.590. The topological polar surface area (TPSA) is 17.1 Å². The van der Waals surface area contributed by atoms with Crippen LogP contribution in [0, 0.1) is 29.1 Å². The molecule has 102 valence electrons. The predicted octanol–water partition coefficient (Wildman–Crippen LogP) is 4.62. The van der Waals surface area contributed by atoms with E-state index >= 15 is 0 Å². The molecule has 0 spiro atoms. The molecule has 0 saturated heterocycles. The number of carbonyl (C=O) groups excluding carboxylic acids is 1. The zero-order valence-corrected chi connectivity index (χ0v) is 12.6. The lowest BCUT2D eigenvalue weighted by molar-refractivity contribution is -0.117. The van der Waals surface area contributed by atoms with E-state index in [-0.39, 0.29) is 0 Å². The van der Waals surface area contributed by atoms with Crippen LogP contribution >= 0.6 is 0 Å². The quantitative estimate of drug-likeness (QED) is 0.661. The van der Waals surface area contributed by atoms with Gasteiger partial charge in [-0.1, -0.05) is 46.6 Å². The van der Waals surface area contributed by atoms with Crippen molar-refractivity contribution in [3.8, 4) is 0 Å². The molecule has 4 atom stereocenters. The van der Waals surface area contributed by atoms with Crippen molar-refractivity contribution in [2.45, 2.75) is 60.3 Å². The van der Waals surface area contributed by atoms with Crippen LogP contribution in [0.3, 0.4) is 0 Å². The van der Waals surface area contributed by atoms with Gasteiger partial charge in [0.1, 0.15) is 0 Å². The molecule has 0 aromatic rings. The molecule has 2 aliphatic rings. The summed E-state index contributed by atoms with van der Waals surface area (Å²) in [7, 11) is 0. The van der Waals surface area contributed by atoms with Crippen LogP contribution in [0.25, 0.3) is 0 Å². The highest BCUT2D eigenvalue weighted by Crippen LogP contribution is 2.58. The van der Waals surface area contributed by atoms with Gasteiger partial charge in [0.25, 0.3) is 0 Å². The fraction of sp³-hybridized carbons (Fsp3) is 0.824. The summed E-state index contributed by atoms with van der Waals surface area (Å²) in [6.07, 6.45) is 7.46. The van der Waals surface area contributed by atoms with E-state index in [1.807, 2.05) is 0 Å². The number of allylic oxidation sites excluding steroid dienone is 2. The number of fused-ring (bicyclic) bond motifs is 1. The number of rotatable bonds is 1. The van der Waals surface area contributed by atoms with Crippen molar-refractivity contribution < 1.29 is 4.79 Å². The van der Waals surface area contributed by atoms with E-state index in [9.17, 15) is 4.79 Å². The Kier molecular flexibility index (Phi) is 3.71. The third-order valence-electron chi connectivity index (χ3n) is 5.29. The van der Waals surface area contributed by atoms with Crippen molar-refractivity contribution in [2.75, 3.05) is 0 Å². The number of carbonyl (C=O) groups is 1. The Balaban J connectivity index is 2.36. The maximum absolute atomic E-state index is 12.0. The summed E-state index contributed by atoms with van der Waals surface area (Å²) in [5, 5.41) is 0. The van der Waals surface area contributed by atoms with Crippen molar-refractivity contribution in [1.29, 1.82) is 0 Å². The average molecular weight is 248 g/mol. The first-order valence-electron chi connectivity index (χ1n) is 7.55. The number of hydrogen-bond donors (Lipinski definition) is 0. The van der Waals surface area contributed by atoms with Gasteiger partial charge in [0, 0.05) is 0 Å². The molecule has 1 fully saturated rings. The zero-order chi connectivity index (χ0) is 13.5. The summed E-state index contributed by atoms with van der Waals surface area (Å²) < 4.78 is 0. The Bertz CT molecular complexity index is 364. The monoisotopic (exact) mass is 248 g/mol. The normalized spacial score (nSPS) is 42.4. The van der Waals surface area contributed by atoms with Crippen LogP contribution in [0.4, 0.5) is 0 Å². The van der Waals surface area contributed by atoms with Gasteiger partial charge in [0.2, 0.25) is 0 Å². The molecular formula is C17H28O. The zero-order valence-electron chi connectivity index (χ0n) is 12.6. The van der Waals surface area contributed by atoms with Gasteiger partial charge in [-0.2, -0.15) is 0 Å². The van der Waals surface area contributed by atoms with Crippen LogP contribution in [0.15, 0.2) is 11.6 Å². The molecular weight excluding hydrogens is 220 g/mol. The molecule has 18 heavy (non-hydrogen) atoms. The highest BCUT2D eigenvalue weighted by molar-refractivity contribution is 5.94. The van der Waals surface area contributed by atoms with Crippen LogP contribution in [0.5, 0.6) is 0 Å². The smallest absolute Gasteiger partial charge is 0.155 e. The molecule has 1 saturated carbocycles. The maximum atomic E-state index is 12.0. The van der Waals surface area contributed by atoms with E-state index in [0.717, 1.165) is 17.4 Å². The van der Waals surface area contributed by atoms with Gasteiger partial charge in [0.05, 0.1) is 0 Å². The average Bonchev–Trinajstić information content (AvgIpc) is 2.28. The van der Waals surface area contributed by atoms with Crippen molar-refractivity contribution in [1.82, 2.24) is 0 Å². The number of hydrogen-bond acceptors (Lipinski definition) is 1. The molecule has 1 nitrogen and oxygen atoms in total. The minimum atomic E-state index is 0.304. The summed E-state index contributed by atoms with van der Waals surface area (Å²) in [6.45, 7) is 11.1. The molecule has 4 unspecified atom stereocenters. The van der Waals surface area contributed by atoms with E-state index < -0.39 is 0 Å². The summed E-state index contributed by atoms with van der Waals surface area (Å²) in [5.41, 5.74) is 1.46. The Morgan fingerprint density at radius 2 is 1.94 bits per heavy atom. The van der Waals surface area contributed by atoms with E-state index in [2.05, 4.69) is 33.8 Å². The lowest BCUT2D eigenvalue weighted by atomic mass is 9.49. The molecule has 1 heteroatoms. The Morgan fingerprint density at radius 1 is 1.28 bits per heavy atom. The lowest BCUT2D eigenvalue weighted by Crippen LogP contribution is -2.48. The van der Waals surface area contributed by atoms with Gasteiger partial charge in [-0.3, -0.25) is 4.79 Å². The first-order chi connectivity index (χ1) is 8.33. The standard InChI is InChI=1S/C17H28O/c1-11-7-6-8-12(2)15-10-17(4,5)16(15)14(9-11)13(3)18/h9,11-12,15-16H,6-8,10H2,1-5H3/b14-9+. The summed E-state index contributed by atoms with van der Waals surface area (Å²) in [5.74, 6) is 2.88. The van der Waals surface area contributed by atoms with Crippen LogP contribution in [0.2, 0.25) is 0 Å². The predicted molar refractivity (Wildman–Crippen MR) is 76.3 cm³/mol. The van der Waals surface area contributed by atoms with Gasteiger partial charge >= 0.3 is 0 Å². The van der Waals surface area contributed by atoms with Gasteiger partial charge < -0.3 is 0 Å². The molecule has 2 rings (SSSR count). The molecule has 2 aliphatic carbocycles. The highest BCUT2D eigenvalue weighted by Gasteiger charge is 2.51. The molecule has 0 aromatic heterocycles. The first kappa shape index (κ1) is 13.8. The minimum Gasteiger partial charge on any atom is -0.295 e. The fourth-order valence-corrected chi connectivity index (χ4v) is 4.26. The van der Waals surface area contributed by atoms with Crippen LogP contribution in [0.1, 0.15) is 60.3 Å².